The third-order valence-electron chi connectivity index (χ3n) is 3.27. The number of nitrogens with one attached hydrogen (secondary N) is 1. The molecule has 0 aliphatic carbocycles. The summed E-state index contributed by atoms with van der Waals surface area (Å²) in [7, 11) is -3.06. The highest BCUT2D eigenvalue weighted by atomic mass is 32.2. The Hall–Kier alpha value is -1.97. The molecular weight excluding hydrogens is 300 g/mol. The van der Waals surface area contributed by atoms with Gasteiger partial charge < -0.3 is 10.4 Å². The molecule has 1 amide bonds. The van der Waals surface area contributed by atoms with E-state index in [2.05, 4.69) is 15.6 Å². The van der Waals surface area contributed by atoms with Crippen LogP contribution < -0.4 is 5.32 Å². The second kappa shape index (κ2) is 5.80. The minimum atomic E-state index is -3.06. The lowest BCUT2D eigenvalue weighted by Gasteiger charge is -2.11. The van der Waals surface area contributed by atoms with Crippen LogP contribution in [0.15, 0.2) is 0 Å². The van der Waals surface area contributed by atoms with Crippen molar-refractivity contribution in [3.63, 3.8) is 0 Å². The fourth-order valence-electron chi connectivity index (χ4n) is 2.29. The number of nitrogens with zero attached hydrogens (tertiary/aromatic N) is 3. The molecule has 1 aliphatic rings. The van der Waals surface area contributed by atoms with Crippen molar-refractivity contribution in [2.24, 2.45) is 0 Å². The third-order valence-corrected chi connectivity index (χ3v) is 5.03. The summed E-state index contributed by atoms with van der Waals surface area (Å²) in [5, 5.41) is 18.8. The largest absolute Gasteiger partial charge is 0.476 e. The van der Waals surface area contributed by atoms with E-state index < -0.39 is 27.8 Å². The van der Waals surface area contributed by atoms with Crippen molar-refractivity contribution >= 4 is 21.7 Å². The maximum absolute atomic E-state index is 11.9. The maximum atomic E-state index is 11.9. The summed E-state index contributed by atoms with van der Waals surface area (Å²) >= 11 is 0. The molecule has 21 heavy (non-hydrogen) atoms. The normalized spacial score (nSPS) is 20.3. The molecule has 1 fully saturated rings. The van der Waals surface area contributed by atoms with Crippen molar-refractivity contribution in [2.75, 3.05) is 11.5 Å². The first-order valence-corrected chi connectivity index (χ1v) is 8.30. The lowest BCUT2D eigenvalue weighted by atomic mass is 10.2. The predicted molar refractivity (Wildman–Crippen MR) is 71.6 cm³/mol. The Bertz CT molecular complexity index is 666. The van der Waals surface area contributed by atoms with Crippen molar-refractivity contribution in [3.8, 4) is 0 Å². The first-order chi connectivity index (χ1) is 9.82. The van der Waals surface area contributed by atoms with Crippen molar-refractivity contribution < 1.29 is 23.1 Å². The molecule has 116 valence electrons. The van der Waals surface area contributed by atoms with Crippen molar-refractivity contribution in [1.29, 1.82) is 0 Å². The molecule has 2 N–H and O–H groups in total. The smallest absolute Gasteiger partial charge is 0.358 e. The molecule has 1 aromatic heterocycles. The minimum Gasteiger partial charge on any atom is -0.476 e. The maximum Gasteiger partial charge on any atom is 0.358 e. The lowest BCUT2D eigenvalue weighted by molar-refractivity contribution is -0.122. The molecule has 2 rings (SSSR count). The van der Waals surface area contributed by atoms with E-state index in [9.17, 15) is 18.0 Å². The van der Waals surface area contributed by atoms with Crippen LogP contribution >= 0.6 is 0 Å². The Morgan fingerprint density at radius 3 is 2.71 bits per heavy atom. The lowest BCUT2D eigenvalue weighted by Crippen LogP contribution is -2.38. The Kier molecular flexibility index (Phi) is 4.26. The van der Waals surface area contributed by atoms with Gasteiger partial charge >= 0.3 is 5.97 Å². The van der Waals surface area contributed by atoms with E-state index in [4.69, 9.17) is 5.11 Å². The zero-order valence-corrected chi connectivity index (χ0v) is 12.3. The number of hydrogen-bond donors (Lipinski definition) is 2. The summed E-state index contributed by atoms with van der Waals surface area (Å²) in [4.78, 5) is 22.8. The van der Waals surface area contributed by atoms with Gasteiger partial charge in [0.2, 0.25) is 5.91 Å². The first kappa shape index (κ1) is 15.4. The number of amides is 1. The molecule has 10 heteroatoms. The molecule has 1 aliphatic heterocycles. The summed E-state index contributed by atoms with van der Waals surface area (Å²) in [5.41, 5.74) is 0.186. The van der Waals surface area contributed by atoms with Gasteiger partial charge in [0.25, 0.3) is 0 Å². The molecule has 0 aromatic carbocycles. The van der Waals surface area contributed by atoms with Crippen LogP contribution in [0.5, 0.6) is 0 Å². The van der Waals surface area contributed by atoms with Gasteiger partial charge in [0.1, 0.15) is 6.54 Å². The summed E-state index contributed by atoms with van der Waals surface area (Å²) in [6.45, 7) is 1.56. The molecular formula is C11H16N4O5S. The quantitative estimate of drug-likeness (QED) is 0.700. The van der Waals surface area contributed by atoms with E-state index in [1.54, 1.807) is 6.92 Å². The third kappa shape index (κ3) is 3.57. The van der Waals surface area contributed by atoms with Crippen LogP contribution in [-0.4, -0.2) is 57.9 Å². The Morgan fingerprint density at radius 1 is 1.48 bits per heavy atom. The number of hydrogen-bond acceptors (Lipinski definition) is 6. The van der Waals surface area contributed by atoms with Gasteiger partial charge in [0.05, 0.1) is 17.2 Å². The zero-order chi connectivity index (χ0) is 15.6. The molecule has 1 unspecified atom stereocenters. The molecule has 2 heterocycles. The van der Waals surface area contributed by atoms with E-state index in [-0.39, 0.29) is 23.7 Å². The average Bonchev–Trinajstić information content (AvgIpc) is 2.92. The van der Waals surface area contributed by atoms with Gasteiger partial charge in [-0.15, -0.1) is 5.10 Å². The Morgan fingerprint density at radius 2 is 2.19 bits per heavy atom. The summed E-state index contributed by atoms with van der Waals surface area (Å²) in [6, 6.07) is -0.393. The average molecular weight is 316 g/mol. The molecule has 1 saturated heterocycles. The Labute approximate surface area is 121 Å². The van der Waals surface area contributed by atoms with Gasteiger partial charge in [-0.25, -0.2) is 17.9 Å². The van der Waals surface area contributed by atoms with Crippen molar-refractivity contribution in [1.82, 2.24) is 20.3 Å². The fourth-order valence-corrected chi connectivity index (χ4v) is 3.97. The highest BCUT2D eigenvalue weighted by Gasteiger charge is 2.29. The highest BCUT2D eigenvalue weighted by molar-refractivity contribution is 7.91. The van der Waals surface area contributed by atoms with Crippen LogP contribution in [-0.2, 0) is 27.6 Å². The molecule has 0 spiro atoms. The monoisotopic (exact) mass is 316 g/mol. The molecule has 0 bridgehead atoms. The number of aromatic carboxylic acids is 1. The molecule has 0 radical (unpaired) electrons. The first-order valence-electron chi connectivity index (χ1n) is 6.48. The molecule has 1 atom stereocenters. The van der Waals surface area contributed by atoms with E-state index >= 15 is 0 Å². The van der Waals surface area contributed by atoms with Gasteiger partial charge in [-0.05, 0) is 12.8 Å². The van der Waals surface area contributed by atoms with Gasteiger partial charge in [-0.3, -0.25) is 4.79 Å². The number of carbonyl (C=O) groups excluding carboxylic acids is 1. The van der Waals surface area contributed by atoms with E-state index in [0.717, 1.165) is 0 Å². The summed E-state index contributed by atoms with van der Waals surface area (Å²) in [5.74, 6) is -1.59. The number of carboxylic acid groups (broad SMARTS) is 1. The number of aromatic nitrogens is 3. The summed E-state index contributed by atoms with van der Waals surface area (Å²) in [6.07, 6.45) is 0.770. The second-order valence-electron chi connectivity index (χ2n) is 4.87. The predicted octanol–water partition coefficient (Wildman–Crippen LogP) is -1.16. The van der Waals surface area contributed by atoms with Gasteiger partial charge in [0.15, 0.2) is 15.5 Å². The van der Waals surface area contributed by atoms with Crippen LogP contribution in [0.1, 0.15) is 29.5 Å². The minimum absolute atomic E-state index is 0.0584. The van der Waals surface area contributed by atoms with E-state index in [0.29, 0.717) is 18.5 Å². The van der Waals surface area contributed by atoms with E-state index in [1.807, 2.05) is 0 Å². The number of sulfone groups is 1. The zero-order valence-electron chi connectivity index (χ0n) is 11.4. The van der Waals surface area contributed by atoms with E-state index in [1.165, 1.54) is 4.68 Å². The highest BCUT2D eigenvalue weighted by Crippen LogP contribution is 2.11. The number of rotatable bonds is 5. The van der Waals surface area contributed by atoms with Crippen LogP contribution in [0, 0.1) is 0 Å². The molecule has 0 saturated carbocycles. The fraction of sp³-hybridized carbons (Fsp3) is 0.636. The van der Waals surface area contributed by atoms with Crippen LogP contribution in [0.4, 0.5) is 0 Å². The van der Waals surface area contributed by atoms with Crippen LogP contribution in [0.2, 0.25) is 0 Å². The van der Waals surface area contributed by atoms with Crippen LogP contribution in [0.25, 0.3) is 0 Å². The topological polar surface area (TPSA) is 131 Å². The van der Waals surface area contributed by atoms with Crippen molar-refractivity contribution in [2.45, 2.75) is 32.4 Å². The molecule has 1 aromatic rings. The molecule has 9 nitrogen and oxygen atoms in total. The van der Waals surface area contributed by atoms with Crippen LogP contribution in [0.3, 0.4) is 0 Å². The second-order valence-corrected chi connectivity index (χ2v) is 7.10. The summed E-state index contributed by atoms with van der Waals surface area (Å²) < 4.78 is 23.9. The Balaban J connectivity index is 2.02. The van der Waals surface area contributed by atoms with Crippen molar-refractivity contribution in [3.05, 3.63) is 11.4 Å². The van der Waals surface area contributed by atoms with Gasteiger partial charge in [-0.2, -0.15) is 0 Å². The van der Waals surface area contributed by atoms with Gasteiger partial charge in [-0.1, -0.05) is 12.1 Å². The number of carboxylic acids is 1. The SMILES string of the molecule is CCc1c(C(=O)O)nnn1CC(=O)NC1CCS(=O)(=O)C1. The standard InChI is InChI=1S/C11H16N4O5S/c1-2-8-10(11(17)18)13-14-15(8)5-9(16)12-7-3-4-21(19,20)6-7/h7H,2-6H2,1H3,(H,12,16)(H,17,18). The number of carbonyl (C=O) groups is 2. The van der Waals surface area contributed by atoms with Gasteiger partial charge in [0, 0.05) is 6.04 Å².